The summed E-state index contributed by atoms with van der Waals surface area (Å²) in [7, 11) is 0. The maximum Gasteiger partial charge on any atom is 0.334 e. The van der Waals surface area contributed by atoms with Crippen molar-refractivity contribution in [1.82, 2.24) is 5.32 Å². The van der Waals surface area contributed by atoms with Gasteiger partial charge in [-0.1, -0.05) is 19.3 Å². The Hall–Kier alpha value is -1.14. The molecule has 2 rings (SSSR count). The fourth-order valence-electron chi connectivity index (χ4n) is 3.45. The lowest BCUT2D eigenvalue weighted by atomic mass is 9.64. The molecule has 1 aliphatic heterocycles. The van der Waals surface area contributed by atoms with Crippen molar-refractivity contribution in [3.8, 4) is 0 Å². The molecule has 2 atom stereocenters. The first-order valence-electron chi connectivity index (χ1n) is 7.31. The van der Waals surface area contributed by atoms with Crippen LogP contribution in [-0.4, -0.2) is 48.0 Å². The molecule has 1 saturated carbocycles. The molecule has 6 nitrogen and oxygen atoms in total. The van der Waals surface area contributed by atoms with Crippen molar-refractivity contribution >= 4 is 11.9 Å². The summed E-state index contributed by atoms with van der Waals surface area (Å²) >= 11 is 0. The predicted molar refractivity (Wildman–Crippen MR) is 71.1 cm³/mol. The van der Waals surface area contributed by atoms with Crippen molar-refractivity contribution in [2.24, 2.45) is 11.3 Å². The zero-order chi connectivity index (χ0) is 14.6. The highest BCUT2D eigenvalue weighted by atomic mass is 16.5. The number of ether oxygens (including phenoxy) is 1. The minimum Gasteiger partial charge on any atom is -0.479 e. The number of nitrogens with one attached hydrogen (secondary N) is 1. The Kier molecular flexibility index (Phi) is 4.99. The van der Waals surface area contributed by atoms with Crippen LogP contribution in [-0.2, 0) is 14.3 Å². The van der Waals surface area contributed by atoms with Gasteiger partial charge in [0.15, 0.2) is 6.10 Å². The second kappa shape index (κ2) is 6.54. The molecule has 0 bridgehead atoms. The molecule has 0 radical (unpaired) electrons. The minimum atomic E-state index is -1.54. The zero-order valence-electron chi connectivity index (χ0n) is 11.6. The van der Waals surface area contributed by atoms with E-state index in [1.807, 2.05) is 0 Å². The molecule has 1 aliphatic carbocycles. The molecule has 1 saturated heterocycles. The molecule has 2 unspecified atom stereocenters. The first kappa shape index (κ1) is 15.3. The number of aliphatic hydroxyl groups excluding tert-OH is 1. The number of hydrogen-bond donors (Lipinski definition) is 3. The monoisotopic (exact) mass is 285 g/mol. The third-order valence-corrected chi connectivity index (χ3v) is 4.60. The smallest absolute Gasteiger partial charge is 0.334 e. The van der Waals surface area contributed by atoms with Gasteiger partial charge in [0.25, 0.3) is 0 Å². The van der Waals surface area contributed by atoms with Gasteiger partial charge in [-0.05, 0) is 19.3 Å². The standard InChI is InChI=1S/C14H23NO5/c16-11(13(18)19)8-15-12(17)10-4-7-20-9-14(10)5-2-1-3-6-14/h10-11,16H,1-9H2,(H,15,17)(H,18,19). The highest BCUT2D eigenvalue weighted by Gasteiger charge is 2.45. The van der Waals surface area contributed by atoms with E-state index in [0.29, 0.717) is 19.6 Å². The second-order valence-corrected chi connectivity index (χ2v) is 5.92. The van der Waals surface area contributed by atoms with E-state index in [0.717, 1.165) is 25.7 Å². The Morgan fingerprint density at radius 3 is 2.65 bits per heavy atom. The number of carboxylic acid groups (broad SMARTS) is 1. The van der Waals surface area contributed by atoms with Crippen LogP contribution in [0.15, 0.2) is 0 Å². The number of hydrogen-bond acceptors (Lipinski definition) is 4. The van der Waals surface area contributed by atoms with Gasteiger partial charge in [-0.15, -0.1) is 0 Å². The highest BCUT2D eigenvalue weighted by Crippen LogP contribution is 2.46. The normalized spacial score (nSPS) is 26.9. The maximum atomic E-state index is 12.3. The summed E-state index contributed by atoms with van der Waals surface area (Å²) in [6.07, 6.45) is 4.55. The van der Waals surface area contributed by atoms with E-state index < -0.39 is 12.1 Å². The van der Waals surface area contributed by atoms with Gasteiger partial charge in [0.05, 0.1) is 13.2 Å². The van der Waals surface area contributed by atoms with Crippen LogP contribution in [0.5, 0.6) is 0 Å². The molecule has 20 heavy (non-hydrogen) atoms. The van der Waals surface area contributed by atoms with E-state index >= 15 is 0 Å². The van der Waals surface area contributed by atoms with Crippen LogP contribution in [0.3, 0.4) is 0 Å². The number of aliphatic carboxylic acids is 1. The Labute approximate surface area is 118 Å². The predicted octanol–water partition coefficient (Wildman–Crippen LogP) is 0.535. The molecule has 0 aromatic rings. The van der Waals surface area contributed by atoms with Crippen molar-refractivity contribution in [2.45, 2.75) is 44.6 Å². The number of aliphatic hydroxyl groups is 1. The minimum absolute atomic E-state index is 0.0885. The SMILES string of the molecule is O=C(O)C(O)CNC(=O)C1CCOCC12CCCCC2. The third kappa shape index (κ3) is 3.30. The molecule has 2 aliphatic rings. The quantitative estimate of drug-likeness (QED) is 0.700. The van der Waals surface area contributed by atoms with Gasteiger partial charge in [0.1, 0.15) is 0 Å². The summed E-state index contributed by atoms with van der Waals surface area (Å²) in [5.41, 5.74) is -0.0885. The van der Waals surface area contributed by atoms with Gasteiger partial charge in [0.2, 0.25) is 5.91 Å². The highest BCUT2D eigenvalue weighted by molar-refractivity contribution is 5.81. The zero-order valence-corrected chi connectivity index (χ0v) is 11.6. The van der Waals surface area contributed by atoms with Gasteiger partial charge in [0, 0.05) is 17.9 Å². The molecule has 1 amide bonds. The van der Waals surface area contributed by atoms with Gasteiger partial charge >= 0.3 is 5.97 Å². The van der Waals surface area contributed by atoms with E-state index in [9.17, 15) is 14.7 Å². The lowest BCUT2D eigenvalue weighted by Gasteiger charge is -2.45. The van der Waals surface area contributed by atoms with Crippen LogP contribution in [0.25, 0.3) is 0 Å². The number of carboxylic acids is 1. The molecular weight excluding hydrogens is 262 g/mol. The molecular formula is C14H23NO5. The van der Waals surface area contributed by atoms with Crippen LogP contribution in [0.2, 0.25) is 0 Å². The number of amides is 1. The lowest BCUT2D eigenvalue weighted by Crippen LogP contribution is -2.50. The Bertz CT molecular complexity index is 356. The summed E-state index contributed by atoms with van der Waals surface area (Å²) in [6.45, 7) is 0.954. The van der Waals surface area contributed by atoms with Crippen molar-refractivity contribution in [1.29, 1.82) is 0 Å². The van der Waals surface area contributed by atoms with Crippen LogP contribution >= 0.6 is 0 Å². The molecule has 6 heteroatoms. The van der Waals surface area contributed by atoms with E-state index in [-0.39, 0.29) is 23.8 Å². The van der Waals surface area contributed by atoms with Gasteiger partial charge in [-0.2, -0.15) is 0 Å². The van der Waals surface area contributed by atoms with E-state index in [1.54, 1.807) is 0 Å². The Morgan fingerprint density at radius 1 is 1.30 bits per heavy atom. The third-order valence-electron chi connectivity index (χ3n) is 4.60. The second-order valence-electron chi connectivity index (χ2n) is 5.92. The van der Waals surface area contributed by atoms with Gasteiger partial charge in [-0.3, -0.25) is 4.79 Å². The van der Waals surface area contributed by atoms with E-state index in [4.69, 9.17) is 9.84 Å². The Balaban J connectivity index is 1.97. The first-order chi connectivity index (χ1) is 9.55. The van der Waals surface area contributed by atoms with Gasteiger partial charge in [-0.25, -0.2) is 4.79 Å². The largest absolute Gasteiger partial charge is 0.479 e. The fourth-order valence-corrected chi connectivity index (χ4v) is 3.45. The van der Waals surface area contributed by atoms with Crippen LogP contribution in [0, 0.1) is 11.3 Å². The van der Waals surface area contributed by atoms with Gasteiger partial charge < -0.3 is 20.3 Å². The summed E-state index contributed by atoms with van der Waals surface area (Å²) in [5, 5.41) is 20.4. The first-order valence-corrected chi connectivity index (χ1v) is 7.31. The summed E-state index contributed by atoms with van der Waals surface area (Å²) < 4.78 is 5.58. The van der Waals surface area contributed by atoms with Crippen molar-refractivity contribution in [2.75, 3.05) is 19.8 Å². The molecule has 0 aromatic carbocycles. The van der Waals surface area contributed by atoms with Crippen molar-refractivity contribution in [3.05, 3.63) is 0 Å². The molecule has 0 aromatic heterocycles. The van der Waals surface area contributed by atoms with Crippen LogP contribution < -0.4 is 5.32 Å². The molecule has 114 valence electrons. The number of carbonyl (C=O) groups is 2. The molecule has 2 fully saturated rings. The van der Waals surface area contributed by atoms with Crippen molar-refractivity contribution < 1.29 is 24.5 Å². The lowest BCUT2D eigenvalue weighted by molar-refractivity contribution is -0.148. The topological polar surface area (TPSA) is 95.9 Å². The average molecular weight is 285 g/mol. The van der Waals surface area contributed by atoms with Crippen molar-refractivity contribution in [3.63, 3.8) is 0 Å². The summed E-state index contributed by atoms with van der Waals surface area (Å²) in [5.74, 6) is -1.59. The number of rotatable bonds is 4. The fraction of sp³-hybridized carbons (Fsp3) is 0.857. The summed E-state index contributed by atoms with van der Waals surface area (Å²) in [6, 6.07) is 0. The summed E-state index contributed by atoms with van der Waals surface area (Å²) in [4.78, 5) is 22.9. The van der Waals surface area contributed by atoms with Crippen LogP contribution in [0.4, 0.5) is 0 Å². The molecule has 3 N–H and O–H groups in total. The van der Waals surface area contributed by atoms with Crippen LogP contribution in [0.1, 0.15) is 38.5 Å². The maximum absolute atomic E-state index is 12.3. The number of carbonyl (C=O) groups excluding carboxylic acids is 1. The van der Waals surface area contributed by atoms with E-state index in [2.05, 4.69) is 5.32 Å². The van der Waals surface area contributed by atoms with E-state index in [1.165, 1.54) is 6.42 Å². The Morgan fingerprint density at radius 2 is 2.00 bits per heavy atom. The molecule has 1 heterocycles. The molecule has 1 spiro atoms. The average Bonchev–Trinajstić information content (AvgIpc) is 2.45.